The first-order chi connectivity index (χ1) is 7.13. The van der Waals surface area contributed by atoms with Crippen LogP contribution in [0.5, 0.6) is 5.75 Å². The van der Waals surface area contributed by atoms with Gasteiger partial charge in [0.15, 0.2) is 0 Å². The zero-order valence-corrected chi connectivity index (χ0v) is 8.17. The molecular formula is C10H11NO4. The van der Waals surface area contributed by atoms with E-state index < -0.39 is 5.97 Å². The van der Waals surface area contributed by atoms with E-state index in [1.807, 2.05) is 0 Å². The third-order valence-corrected chi connectivity index (χ3v) is 1.72. The zero-order valence-electron chi connectivity index (χ0n) is 8.17. The number of carboxylic acid groups (broad SMARTS) is 1. The van der Waals surface area contributed by atoms with E-state index in [2.05, 4.69) is 9.99 Å². The molecule has 0 amide bonds. The molecule has 80 valence electrons. The number of phenols is 1. The van der Waals surface area contributed by atoms with Crippen LogP contribution in [0, 0.1) is 0 Å². The minimum absolute atomic E-state index is 0.117. The molecule has 0 fully saturated rings. The monoisotopic (exact) mass is 209 g/mol. The van der Waals surface area contributed by atoms with Crippen molar-refractivity contribution in [2.24, 2.45) is 5.16 Å². The van der Waals surface area contributed by atoms with Crippen molar-refractivity contribution in [3.8, 4) is 5.75 Å². The number of benzene rings is 1. The summed E-state index contributed by atoms with van der Waals surface area (Å²) in [5.74, 6) is -0.871. The van der Waals surface area contributed by atoms with E-state index in [0.29, 0.717) is 11.3 Å². The highest BCUT2D eigenvalue weighted by Gasteiger charge is 2.09. The van der Waals surface area contributed by atoms with Gasteiger partial charge in [-0.05, 0) is 24.3 Å². The molecule has 0 aliphatic carbocycles. The van der Waals surface area contributed by atoms with E-state index >= 15 is 0 Å². The summed E-state index contributed by atoms with van der Waals surface area (Å²) in [4.78, 5) is 15.1. The van der Waals surface area contributed by atoms with Gasteiger partial charge in [0.05, 0.1) is 12.1 Å². The molecule has 0 aliphatic heterocycles. The van der Waals surface area contributed by atoms with Gasteiger partial charge in [-0.1, -0.05) is 5.16 Å². The molecule has 1 aromatic carbocycles. The van der Waals surface area contributed by atoms with Gasteiger partial charge in [0, 0.05) is 5.56 Å². The molecule has 5 nitrogen and oxygen atoms in total. The Bertz CT molecular complexity index is 370. The van der Waals surface area contributed by atoms with Crippen LogP contribution in [0.4, 0.5) is 0 Å². The normalized spacial score (nSPS) is 11.1. The maximum atomic E-state index is 10.5. The van der Waals surface area contributed by atoms with Crippen LogP contribution in [-0.2, 0) is 9.63 Å². The van der Waals surface area contributed by atoms with E-state index in [1.54, 1.807) is 12.1 Å². The summed E-state index contributed by atoms with van der Waals surface area (Å²) >= 11 is 0. The number of rotatable bonds is 4. The fraction of sp³-hybridized carbons (Fsp3) is 0.200. The molecule has 0 spiro atoms. The lowest BCUT2D eigenvalue weighted by Crippen LogP contribution is -2.08. The smallest absolute Gasteiger partial charge is 0.309 e. The first kappa shape index (κ1) is 11.0. The second-order valence-corrected chi connectivity index (χ2v) is 2.84. The average molecular weight is 209 g/mol. The Morgan fingerprint density at radius 2 is 2.00 bits per heavy atom. The Balaban J connectivity index is 2.94. The topological polar surface area (TPSA) is 79.1 Å². The highest BCUT2D eigenvalue weighted by molar-refractivity contribution is 6.08. The lowest BCUT2D eigenvalue weighted by molar-refractivity contribution is -0.135. The Hall–Kier alpha value is -2.04. The van der Waals surface area contributed by atoms with Crippen molar-refractivity contribution < 1.29 is 19.8 Å². The molecule has 1 rings (SSSR count). The largest absolute Gasteiger partial charge is 0.508 e. The Morgan fingerprint density at radius 1 is 1.40 bits per heavy atom. The van der Waals surface area contributed by atoms with Gasteiger partial charge in [-0.3, -0.25) is 4.79 Å². The van der Waals surface area contributed by atoms with Crippen molar-refractivity contribution in [2.75, 3.05) is 7.11 Å². The summed E-state index contributed by atoms with van der Waals surface area (Å²) in [5, 5.41) is 21.3. The molecule has 0 aromatic heterocycles. The van der Waals surface area contributed by atoms with Crippen LogP contribution in [0.3, 0.4) is 0 Å². The Labute approximate surface area is 86.6 Å². The third kappa shape index (κ3) is 3.30. The number of nitrogens with zero attached hydrogens (tertiary/aromatic N) is 1. The number of hydrogen-bond acceptors (Lipinski definition) is 4. The number of oxime groups is 1. The van der Waals surface area contributed by atoms with Gasteiger partial charge in [-0.15, -0.1) is 0 Å². The van der Waals surface area contributed by atoms with E-state index in [4.69, 9.17) is 10.2 Å². The molecule has 1 aromatic rings. The summed E-state index contributed by atoms with van der Waals surface area (Å²) in [7, 11) is 1.35. The van der Waals surface area contributed by atoms with Crippen LogP contribution in [0.15, 0.2) is 29.4 Å². The van der Waals surface area contributed by atoms with E-state index in [0.717, 1.165) is 0 Å². The number of aromatic hydroxyl groups is 1. The molecule has 0 bridgehead atoms. The van der Waals surface area contributed by atoms with Gasteiger partial charge >= 0.3 is 5.97 Å². The lowest BCUT2D eigenvalue weighted by Gasteiger charge is -2.02. The number of phenolic OH excluding ortho intramolecular Hbond substituents is 1. The summed E-state index contributed by atoms with van der Waals surface area (Å²) in [6.07, 6.45) is -0.224. The molecule has 0 atom stereocenters. The predicted octanol–water partition coefficient (Wildman–Crippen LogP) is 1.22. The fourth-order valence-corrected chi connectivity index (χ4v) is 1.09. The van der Waals surface area contributed by atoms with Crippen molar-refractivity contribution >= 4 is 11.7 Å². The quantitative estimate of drug-likeness (QED) is 0.577. The lowest BCUT2D eigenvalue weighted by atomic mass is 10.1. The second kappa shape index (κ2) is 4.99. The molecule has 0 radical (unpaired) electrons. The SMILES string of the molecule is CO/N=C(/CC(=O)O)c1ccc(O)cc1. The van der Waals surface area contributed by atoms with Crippen molar-refractivity contribution in [1.82, 2.24) is 0 Å². The predicted molar refractivity (Wildman–Crippen MR) is 53.9 cm³/mol. The minimum atomic E-state index is -0.987. The van der Waals surface area contributed by atoms with Gasteiger partial charge in [-0.25, -0.2) is 0 Å². The Morgan fingerprint density at radius 3 is 2.47 bits per heavy atom. The van der Waals surface area contributed by atoms with Crippen LogP contribution in [-0.4, -0.2) is 29.0 Å². The molecule has 15 heavy (non-hydrogen) atoms. The molecule has 0 saturated carbocycles. The summed E-state index contributed by atoms with van der Waals surface area (Å²) in [6.45, 7) is 0. The standard InChI is InChI=1S/C10H11NO4/c1-15-11-9(6-10(13)14)7-2-4-8(12)5-3-7/h2-5,12H,6H2,1H3,(H,13,14)/b11-9-. The average Bonchev–Trinajstić information content (AvgIpc) is 2.17. The van der Waals surface area contributed by atoms with Gasteiger partial charge in [0.1, 0.15) is 12.9 Å². The molecule has 0 saturated heterocycles. The summed E-state index contributed by atoms with van der Waals surface area (Å²) in [6, 6.07) is 6.08. The minimum Gasteiger partial charge on any atom is -0.508 e. The van der Waals surface area contributed by atoms with Crippen LogP contribution in [0.2, 0.25) is 0 Å². The van der Waals surface area contributed by atoms with E-state index in [1.165, 1.54) is 19.2 Å². The molecule has 2 N–H and O–H groups in total. The van der Waals surface area contributed by atoms with Crippen molar-refractivity contribution in [2.45, 2.75) is 6.42 Å². The van der Waals surface area contributed by atoms with E-state index in [-0.39, 0.29) is 12.2 Å². The number of aliphatic carboxylic acids is 1. The molecule has 0 heterocycles. The van der Waals surface area contributed by atoms with Crippen molar-refractivity contribution in [3.63, 3.8) is 0 Å². The van der Waals surface area contributed by atoms with Gasteiger partial charge in [-0.2, -0.15) is 0 Å². The summed E-state index contributed by atoms with van der Waals surface area (Å²) < 4.78 is 0. The molecule has 0 unspecified atom stereocenters. The van der Waals surface area contributed by atoms with Gasteiger partial charge < -0.3 is 15.1 Å². The first-order valence-corrected chi connectivity index (χ1v) is 4.24. The van der Waals surface area contributed by atoms with Crippen molar-refractivity contribution in [1.29, 1.82) is 0 Å². The molecule has 0 aliphatic rings. The fourth-order valence-electron chi connectivity index (χ4n) is 1.09. The van der Waals surface area contributed by atoms with Crippen molar-refractivity contribution in [3.05, 3.63) is 29.8 Å². The van der Waals surface area contributed by atoms with Crippen LogP contribution < -0.4 is 0 Å². The summed E-state index contributed by atoms with van der Waals surface area (Å²) in [5.41, 5.74) is 0.919. The Kier molecular flexibility index (Phi) is 3.68. The third-order valence-electron chi connectivity index (χ3n) is 1.72. The number of carbonyl (C=O) groups is 1. The molecular weight excluding hydrogens is 198 g/mol. The van der Waals surface area contributed by atoms with Crippen LogP contribution >= 0.6 is 0 Å². The first-order valence-electron chi connectivity index (χ1n) is 4.24. The van der Waals surface area contributed by atoms with Crippen LogP contribution in [0.1, 0.15) is 12.0 Å². The van der Waals surface area contributed by atoms with Crippen LogP contribution in [0.25, 0.3) is 0 Å². The number of carboxylic acids is 1. The van der Waals surface area contributed by atoms with Gasteiger partial charge in [0.2, 0.25) is 0 Å². The zero-order chi connectivity index (χ0) is 11.3. The molecule has 5 heteroatoms. The maximum absolute atomic E-state index is 10.5. The van der Waals surface area contributed by atoms with E-state index in [9.17, 15) is 4.79 Å². The highest BCUT2D eigenvalue weighted by atomic mass is 16.6. The van der Waals surface area contributed by atoms with Gasteiger partial charge in [0.25, 0.3) is 0 Å². The maximum Gasteiger partial charge on any atom is 0.309 e. The second-order valence-electron chi connectivity index (χ2n) is 2.84. The highest BCUT2D eigenvalue weighted by Crippen LogP contribution is 2.12. The number of hydrogen-bond donors (Lipinski definition) is 2.